The molecule has 0 aromatic carbocycles. The third-order valence-corrected chi connectivity index (χ3v) is 1.82. The molecule has 1 aromatic heterocycles. The Morgan fingerprint density at radius 2 is 1.94 bits per heavy atom. The smallest absolute Gasteiger partial charge is 0.132 e. The summed E-state index contributed by atoms with van der Waals surface area (Å²) in [6.07, 6.45) is 1.47. The van der Waals surface area contributed by atoms with E-state index in [1.807, 2.05) is 13.8 Å². The van der Waals surface area contributed by atoms with Crippen LogP contribution in [0.2, 0.25) is 0 Å². The minimum atomic E-state index is -0.635. The molecule has 0 bridgehead atoms. The molecule has 0 amide bonds. The molecule has 2 N–H and O–H groups in total. The standard InChI is InChI=1S/C11H17N5/c1-8(2)15-9-5-10(14-7-13-9)16-11(3,4)6-12/h5,7-8H,1-4H3,(H2,13,14,15,16). The van der Waals surface area contributed by atoms with E-state index < -0.39 is 5.54 Å². The van der Waals surface area contributed by atoms with Gasteiger partial charge in [-0.15, -0.1) is 0 Å². The summed E-state index contributed by atoms with van der Waals surface area (Å²) in [5, 5.41) is 15.1. The lowest BCUT2D eigenvalue weighted by atomic mass is 10.1. The molecule has 0 aliphatic heterocycles. The number of nitrogens with one attached hydrogen (secondary N) is 2. The average molecular weight is 219 g/mol. The van der Waals surface area contributed by atoms with Crippen LogP contribution < -0.4 is 10.6 Å². The molecule has 0 radical (unpaired) electrons. The molecule has 86 valence electrons. The number of anilines is 2. The van der Waals surface area contributed by atoms with E-state index >= 15 is 0 Å². The largest absolute Gasteiger partial charge is 0.368 e. The molecule has 0 saturated heterocycles. The molecule has 1 heterocycles. The Balaban J connectivity index is 2.79. The van der Waals surface area contributed by atoms with Crippen molar-refractivity contribution in [3.63, 3.8) is 0 Å². The van der Waals surface area contributed by atoms with Crippen LogP contribution in [0.5, 0.6) is 0 Å². The summed E-state index contributed by atoms with van der Waals surface area (Å²) < 4.78 is 0. The maximum Gasteiger partial charge on any atom is 0.132 e. The monoisotopic (exact) mass is 219 g/mol. The molecule has 0 spiro atoms. The van der Waals surface area contributed by atoms with Crippen LogP contribution in [-0.2, 0) is 0 Å². The highest BCUT2D eigenvalue weighted by molar-refractivity contribution is 5.49. The minimum Gasteiger partial charge on any atom is -0.368 e. The molecule has 1 rings (SSSR count). The fourth-order valence-corrected chi connectivity index (χ4v) is 1.15. The lowest BCUT2D eigenvalue weighted by Gasteiger charge is -2.18. The zero-order valence-corrected chi connectivity index (χ0v) is 10.1. The van der Waals surface area contributed by atoms with Gasteiger partial charge in [-0.3, -0.25) is 0 Å². The third-order valence-electron chi connectivity index (χ3n) is 1.82. The fourth-order valence-electron chi connectivity index (χ4n) is 1.15. The molecule has 0 aliphatic rings. The zero-order chi connectivity index (χ0) is 12.2. The lowest BCUT2D eigenvalue weighted by molar-refractivity contribution is 0.722. The molecular formula is C11H17N5. The van der Waals surface area contributed by atoms with Gasteiger partial charge in [-0.1, -0.05) is 0 Å². The van der Waals surface area contributed by atoms with E-state index in [0.29, 0.717) is 11.9 Å². The van der Waals surface area contributed by atoms with Crippen molar-refractivity contribution in [2.75, 3.05) is 10.6 Å². The summed E-state index contributed by atoms with van der Waals surface area (Å²) in [4.78, 5) is 8.16. The van der Waals surface area contributed by atoms with Crippen LogP contribution in [0.3, 0.4) is 0 Å². The van der Waals surface area contributed by atoms with Crippen molar-refractivity contribution in [2.24, 2.45) is 0 Å². The predicted molar refractivity (Wildman–Crippen MR) is 64.1 cm³/mol. The maximum absolute atomic E-state index is 8.90. The van der Waals surface area contributed by atoms with E-state index in [1.165, 1.54) is 6.33 Å². The van der Waals surface area contributed by atoms with E-state index in [4.69, 9.17) is 5.26 Å². The van der Waals surface area contributed by atoms with Crippen LogP contribution >= 0.6 is 0 Å². The quantitative estimate of drug-likeness (QED) is 0.810. The van der Waals surface area contributed by atoms with Crippen molar-refractivity contribution < 1.29 is 0 Å². The summed E-state index contributed by atoms with van der Waals surface area (Å²) in [6.45, 7) is 7.66. The van der Waals surface area contributed by atoms with Crippen LogP contribution in [0.1, 0.15) is 27.7 Å². The second-order valence-electron chi connectivity index (χ2n) is 4.45. The molecule has 0 fully saturated rings. The summed E-state index contributed by atoms with van der Waals surface area (Å²) in [5.41, 5.74) is -0.635. The third kappa shape index (κ3) is 3.73. The topological polar surface area (TPSA) is 73.6 Å². The molecular weight excluding hydrogens is 202 g/mol. The number of hydrogen-bond acceptors (Lipinski definition) is 5. The van der Waals surface area contributed by atoms with Crippen LogP contribution in [0, 0.1) is 11.3 Å². The van der Waals surface area contributed by atoms with E-state index in [-0.39, 0.29) is 0 Å². The molecule has 16 heavy (non-hydrogen) atoms. The minimum absolute atomic E-state index is 0.312. The molecule has 5 heteroatoms. The Morgan fingerprint density at radius 3 is 2.50 bits per heavy atom. The van der Waals surface area contributed by atoms with E-state index in [0.717, 1.165) is 5.82 Å². The lowest BCUT2D eigenvalue weighted by Crippen LogP contribution is -2.29. The Labute approximate surface area is 95.9 Å². The van der Waals surface area contributed by atoms with Crippen molar-refractivity contribution in [3.8, 4) is 6.07 Å². The second-order valence-corrected chi connectivity index (χ2v) is 4.45. The number of nitrogens with zero attached hydrogens (tertiary/aromatic N) is 3. The Hall–Kier alpha value is -1.83. The van der Waals surface area contributed by atoms with Crippen molar-refractivity contribution in [3.05, 3.63) is 12.4 Å². The van der Waals surface area contributed by atoms with Crippen LogP contribution in [-0.4, -0.2) is 21.5 Å². The SMILES string of the molecule is CC(C)Nc1cc(NC(C)(C)C#N)ncn1. The van der Waals surface area contributed by atoms with E-state index in [2.05, 4.69) is 26.7 Å². The first-order valence-electron chi connectivity index (χ1n) is 5.21. The van der Waals surface area contributed by atoms with Crippen molar-refractivity contribution in [2.45, 2.75) is 39.3 Å². The summed E-state index contributed by atoms with van der Waals surface area (Å²) >= 11 is 0. The van der Waals surface area contributed by atoms with E-state index in [9.17, 15) is 0 Å². The summed E-state index contributed by atoms with van der Waals surface area (Å²) in [5.74, 6) is 1.39. The van der Waals surface area contributed by atoms with Gasteiger partial charge in [0.1, 0.15) is 23.5 Å². The highest BCUT2D eigenvalue weighted by atomic mass is 15.1. The number of nitriles is 1. The van der Waals surface area contributed by atoms with Gasteiger partial charge < -0.3 is 10.6 Å². The van der Waals surface area contributed by atoms with Gasteiger partial charge in [0.15, 0.2) is 0 Å². The van der Waals surface area contributed by atoms with Crippen molar-refractivity contribution in [1.82, 2.24) is 9.97 Å². The molecule has 0 unspecified atom stereocenters. The summed E-state index contributed by atoms with van der Waals surface area (Å²) in [7, 11) is 0. The molecule has 0 saturated carbocycles. The normalized spacial score (nSPS) is 11.0. The predicted octanol–water partition coefficient (Wildman–Crippen LogP) is 2.01. The van der Waals surface area contributed by atoms with Gasteiger partial charge >= 0.3 is 0 Å². The van der Waals surface area contributed by atoms with Crippen LogP contribution in [0.4, 0.5) is 11.6 Å². The first-order valence-corrected chi connectivity index (χ1v) is 5.21. The first kappa shape index (κ1) is 12.2. The van der Waals surface area contributed by atoms with Gasteiger partial charge in [0.05, 0.1) is 6.07 Å². The average Bonchev–Trinajstić information content (AvgIpc) is 2.16. The van der Waals surface area contributed by atoms with Gasteiger partial charge in [0.25, 0.3) is 0 Å². The maximum atomic E-state index is 8.90. The Kier molecular flexibility index (Phi) is 3.67. The summed E-state index contributed by atoms with van der Waals surface area (Å²) in [6, 6.07) is 4.26. The molecule has 0 atom stereocenters. The molecule has 1 aromatic rings. The van der Waals surface area contributed by atoms with Gasteiger partial charge in [-0.2, -0.15) is 5.26 Å². The van der Waals surface area contributed by atoms with Crippen molar-refractivity contribution in [1.29, 1.82) is 5.26 Å². The van der Waals surface area contributed by atoms with Crippen molar-refractivity contribution >= 4 is 11.6 Å². The van der Waals surface area contributed by atoms with Gasteiger partial charge in [-0.05, 0) is 27.7 Å². The highest BCUT2D eigenvalue weighted by Crippen LogP contribution is 2.14. The van der Waals surface area contributed by atoms with Gasteiger partial charge in [0, 0.05) is 12.1 Å². The first-order chi connectivity index (χ1) is 7.43. The zero-order valence-electron chi connectivity index (χ0n) is 10.1. The second kappa shape index (κ2) is 4.79. The number of hydrogen-bond donors (Lipinski definition) is 2. The molecule has 0 aliphatic carbocycles. The number of aromatic nitrogens is 2. The highest BCUT2D eigenvalue weighted by Gasteiger charge is 2.16. The van der Waals surface area contributed by atoms with Crippen LogP contribution in [0.15, 0.2) is 12.4 Å². The van der Waals surface area contributed by atoms with Gasteiger partial charge in [0.2, 0.25) is 0 Å². The van der Waals surface area contributed by atoms with E-state index in [1.54, 1.807) is 19.9 Å². The number of rotatable bonds is 4. The van der Waals surface area contributed by atoms with Gasteiger partial charge in [-0.25, -0.2) is 9.97 Å². The Morgan fingerprint density at radius 1 is 1.31 bits per heavy atom. The Bertz CT molecular complexity index is 392. The fraction of sp³-hybridized carbons (Fsp3) is 0.545. The van der Waals surface area contributed by atoms with Crippen LogP contribution in [0.25, 0.3) is 0 Å². The molecule has 5 nitrogen and oxygen atoms in total.